The van der Waals surface area contributed by atoms with E-state index in [9.17, 15) is 49.5 Å². The van der Waals surface area contributed by atoms with Gasteiger partial charge in [0.05, 0.1) is 129 Å². The van der Waals surface area contributed by atoms with Crippen LogP contribution in [0.5, 0.6) is 0 Å². The van der Waals surface area contributed by atoms with Crippen LogP contribution in [0.3, 0.4) is 0 Å². The molecule has 0 N–H and O–H groups in total. The number of carboxylic acids is 5. The van der Waals surface area contributed by atoms with E-state index in [0.717, 1.165) is 0 Å². The molecule has 0 spiro atoms. The van der Waals surface area contributed by atoms with Crippen molar-refractivity contribution in [3.05, 3.63) is 0 Å². The Bertz CT molecular complexity index is 540. The summed E-state index contributed by atoms with van der Waals surface area (Å²) in [4.78, 5) is 48.4. The zero-order chi connectivity index (χ0) is 35.6. The molecule has 0 saturated carbocycles. The fourth-order valence-electron chi connectivity index (χ4n) is 1.49. The zero-order valence-electron chi connectivity index (χ0n) is 26.7. The van der Waals surface area contributed by atoms with Crippen molar-refractivity contribution in [2.45, 2.75) is 0 Å². The molecule has 46 heavy (non-hydrogen) atoms. The Kier molecular flexibility index (Phi) is 63.6. The minimum Gasteiger partial charge on any atom is -0.548 e. The van der Waals surface area contributed by atoms with Gasteiger partial charge in [-0.25, -0.2) is 0 Å². The number of rotatable bonds is 25. The summed E-state index contributed by atoms with van der Waals surface area (Å²) in [5.74, 6) is -6.01. The van der Waals surface area contributed by atoms with Crippen LogP contribution in [0.25, 0.3) is 0 Å². The van der Waals surface area contributed by atoms with Gasteiger partial charge >= 0.3 is 22.4 Å². The predicted octanol–water partition coefficient (Wildman–Crippen LogP) is -8.01. The maximum absolute atomic E-state index is 9.69. The van der Waals surface area contributed by atoms with Crippen LogP contribution in [0.4, 0.5) is 0 Å². The second kappa shape index (κ2) is 52.2. The second-order valence-corrected chi connectivity index (χ2v) is 7.09. The molecule has 0 bridgehead atoms. The zero-order valence-corrected chi connectivity index (χ0v) is 28.9. The van der Waals surface area contributed by atoms with E-state index in [-0.39, 0.29) is 55.4 Å². The van der Waals surface area contributed by atoms with Crippen molar-refractivity contribution in [2.75, 3.05) is 135 Å². The molecule has 0 radical (unpaired) electrons. The van der Waals surface area contributed by atoms with Gasteiger partial charge in [0.15, 0.2) is 0 Å². The molecule has 0 fully saturated rings. The minimum atomic E-state index is -1.20. The summed E-state index contributed by atoms with van der Waals surface area (Å²) in [6, 6.07) is 0. The van der Waals surface area contributed by atoms with Crippen LogP contribution in [0.1, 0.15) is 0 Å². The number of hydrogen-bond donors (Lipinski definition) is 0. The van der Waals surface area contributed by atoms with Gasteiger partial charge in [0.2, 0.25) is 0 Å². The molecular formula is C25H45NbO20. The van der Waals surface area contributed by atoms with Crippen molar-refractivity contribution in [1.82, 2.24) is 0 Å². The quantitative estimate of drug-likeness (QED) is 0.0617. The minimum absolute atomic E-state index is 0. The molecule has 0 aliphatic heterocycles. The monoisotopic (exact) mass is 758 g/mol. The van der Waals surface area contributed by atoms with Crippen LogP contribution in [0, 0.1) is 0 Å². The Morgan fingerprint density at radius 1 is 0.326 bits per heavy atom. The van der Waals surface area contributed by atoms with Gasteiger partial charge in [-0.1, -0.05) is 0 Å². The summed E-state index contributed by atoms with van der Waals surface area (Å²) < 4.78 is 45.7. The third-order valence-corrected chi connectivity index (χ3v) is 3.26. The van der Waals surface area contributed by atoms with Crippen LogP contribution < -0.4 is 25.5 Å². The molecule has 0 aliphatic carbocycles. The molecule has 0 unspecified atom stereocenters. The third kappa shape index (κ3) is 90.0. The van der Waals surface area contributed by atoms with Crippen LogP contribution in [0.2, 0.25) is 0 Å². The Morgan fingerprint density at radius 3 is 0.543 bits per heavy atom. The van der Waals surface area contributed by atoms with Gasteiger partial charge in [0.25, 0.3) is 0 Å². The standard InChI is InChI=1S/5C5H10O4.Nb/c5*1-8-2-3-9-4-5(6)7;/h5*2-4H2,1H3,(H,6,7);/q;;;;;+5/p-5. The number of carbonyl (C=O) groups is 5. The summed E-state index contributed by atoms with van der Waals surface area (Å²) >= 11 is 0. The topological polar surface area (TPSA) is 293 Å². The molecule has 0 atom stereocenters. The van der Waals surface area contributed by atoms with Gasteiger partial charge < -0.3 is 96.9 Å². The number of methoxy groups -OCH3 is 5. The predicted molar refractivity (Wildman–Crippen MR) is 139 cm³/mol. The van der Waals surface area contributed by atoms with Gasteiger partial charge in [-0.3, -0.25) is 0 Å². The van der Waals surface area contributed by atoms with Gasteiger partial charge in [-0.2, -0.15) is 0 Å². The molecule has 0 aromatic rings. The first-order valence-corrected chi connectivity index (χ1v) is 12.7. The van der Waals surface area contributed by atoms with Crippen LogP contribution >= 0.6 is 0 Å². The number of carboxylic acid groups (broad SMARTS) is 5. The van der Waals surface area contributed by atoms with E-state index in [1.807, 2.05) is 0 Å². The van der Waals surface area contributed by atoms with E-state index in [2.05, 4.69) is 47.4 Å². The van der Waals surface area contributed by atoms with E-state index >= 15 is 0 Å². The second-order valence-electron chi connectivity index (χ2n) is 7.09. The van der Waals surface area contributed by atoms with Crippen molar-refractivity contribution in [3.8, 4) is 0 Å². The number of ether oxygens (including phenoxy) is 10. The average Bonchev–Trinajstić information content (AvgIpc) is 2.97. The van der Waals surface area contributed by atoms with E-state index < -0.39 is 29.8 Å². The molecule has 270 valence electrons. The molecule has 0 aromatic heterocycles. The van der Waals surface area contributed by atoms with Crippen molar-refractivity contribution >= 4 is 29.8 Å². The molecule has 0 aromatic carbocycles. The molecule has 0 rings (SSSR count). The SMILES string of the molecule is COCCOCC(=O)[O-].COCCOCC(=O)[O-].COCCOCC(=O)[O-].COCCOCC(=O)[O-].COCCOCC(=O)[O-].[Nb+5]. The van der Waals surface area contributed by atoms with Gasteiger partial charge in [0, 0.05) is 35.5 Å². The smallest absolute Gasteiger partial charge is 0.548 e. The molecule has 0 amide bonds. The summed E-state index contributed by atoms with van der Waals surface area (Å²) in [5, 5.41) is 48.4. The first-order valence-electron chi connectivity index (χ1n) is 12.7. The molecule has 0 heterocycles. The Balaban J connectivity index is -0.000000108. The van der Waals surface area contributed by atoms with Gasteiger partial charge in [0.1, 0.15) is 0 Å². The first-order chi connectivity index (χ1) is 21.4. The van der Waals surface area contributed by atoms with E-state index in [1.54, 1.807) is 0 Å². The van der Waals surface area contributed by atoms with E-state index in [0.29, 0.717) is 66.1 Å². The Hall–Kier alpha value is -2.31. The van der Waals surface area contributed by atoms with Crippen LogP contribution in [-0.2, 0) is 93.7 Å². The van der Waals surface area contributed by atoms with Crippen molar-refractivity contribution in [2.24, 2.45) is 0 Å². The summed E-state index contributed by atoms with van der Waals surface area (Å²) in [5.41, 5.74) is 0. The maximum atomic E-state index is 9.69. The van der Waals surface area contributed by atoms with E-state index in [4.69, 9.17) is 0 Å². The van der Waals surface area contributed by atoms with Crippen LogP contribution in [-0.4, -0.2) is 164 Å². The molecule has 0 saturated heterocycles. The molecular weight excluding hydrogens is 713 g/mol. The first kappa shape index (κ1) is 56.1. The third-order valence-electron chi connectivity index (χ3n) is 3.26. The number of aliphatic carboxylic acids is 5. The molecule has 21 heteroatoms. The fourth-order valence-corrected chi connectivity index (χ4v) is 1.49. The largest absolute Gasteiger partial charge is 5.00 e. The number of hydrogen-bond acceptors (Lipinski definition) is 20. The average molecular weight is 759 g/mol. The van der Waals surface area contributed by atoms with Crippen molar-refractivity contribution in [3.63, 3.8) is 0 Å². The summed E-state index contributed by atoms with van der Waals surface area (Å²) in [6.45, 7) is 1.74. The van der Waals surface area contributed by atoms with Crippen LogP contribution in [0.15, 0.2) is 0 Å². The summed E-state index contributed by atoms with van der Waals surface area (Å²) in [7, 11) is 7.58. The maximum Gasteiger partial charge on any atom is 5.00 e. The van der Waals surface area contributed by atoms with Crippen molar-refractivity contribution in [1.29, 1.82) is 0 Å². The normalized spacial score (nSPS) is 9.24. The molecule has 20 nitrogen and oxygen atoms in total. The number of carbonyl (C=O) groups excluding carboxylic acids is 5. The van der Waals surface area contributed by atoms with Crippen molar-refractivity contribution < 1.29 is 119 Å². The van der Waals surface area contributed by atoms with Gasteiger partial charge in [-0.15, -0.1) is 0 Å². The van der Waals surface area contributed by atoms with E-state index in [1.165, 1.54) is 35.5 Å². The summed E-state index contributed by atoms with van der Waals surface area (Å²) in [6.07, 6.45) is 0. The Morgan fingerprint density at radius 2 is 0.457 bits per heavy atom. The molecule has 0 aliphatic rings. The van der Waals surface area contributed by atoms with Gasteiger partial charge in [-0.05, 0) is 0 Å². The fraction of sp³-hybridized carbons (Fsp3) is 0.800. The Labute approximate surface area is 283 Å².